The third-order valence-electron chi connectivity index (χ3n) is 5.99. The number of carbonyl (C=O) groups is 2. The van der Waals surface area contributed by atoms with Crippen LogP contribution >= 0.6 is 0 Å². The van der Waals surface area contributed by atoms with Crippen molar-refractivity contribution in [3.8, 4) is 5.75 Å². The molecule has 1 N–H and O–H groups in total. The molecular formula is C22H32N2O3. The van der Waals surface area contributed by atoms with Gasteiger partial charge in [0.15, 0.2) is 0 Å². The Bertz CT molecular complexity index is 613. The van der Waals surface area contributed by atoms with Gasteiger partial charge in [0.2, 0.25) is 11.8 Å². The lowest BCUT2D eigenvalue weighted by Gasteiger charge is -2.31. The zero-order valence-corrected chi connectivity index (χ0v) is 16.4. The van der Waals surface area contributed by atoms with Crippen LogP contribution in [-0.2, 0) is 16.1 Å². The molecule has 0 unspecified atom stereocenters. The molecule has 5 heteroatoms. The summed E-state index contributed by atoms with van der Waals surface area (Å²) in [6, 6.07) is 7.74. The highest BCUT2D eigenvalue weighted by molar-refractivity contribution is 5.81. The summed E-state index contributed by atoms with van der Waals surface area (Å²) in [4.78, 5) is 27.3. The molecule has 0 aromatic heterocycles. The molecule has 1 heterocycles. The van der Waals surface area contributed by atoms with Gasteiger partial charge >= 0.3 is 0 Å². The lowest BCUT2D eigenvalue weighted by Crippen LogP contribution is -2.40. The number of hydrogen-bond donors (Lipinski definition) is 1. The number of ether oxygens (including phenoxy) is 1. The molecule has 1 saturated heterocycles. The molecule has 0 bridgehead atoms. The van der Waals surface area contributed by atoms with E-state index in [-0.39, 0.29) is 17.7 Å². The molecule has 1 aliphatic carbocycles. The van der Waals surface area contributed by atoms with Crippen molar-refractivity contribution in [1.82, 2.24) is 10.2 Å². The summed E-state index contributed by atoms with van der Waals surface area (Å²) in [7, 11) is 1.64. The van der Waals surface area contributed by atoms with Gasteiger partial charge in [-0.2, -0.15) is 0 Å². The molecular weight excluding hydrogens is 340 g/mol. The van der Waals surface area contributed by atoms with Gasteiger partial charge in [0.05, 0.1) is 7.11 Å². The number of nitrogens with one attached hydrogen (secondary N) is 1. The minimum atomic E-state index is 0.0384. The van der Waals surface area contributed by atoms with Crippen LogP contribution in [0.3, 0.4) is 0 Å². The maximum atomic E-state index is 12.8. The fourth-order valence-corrected chi connectivity index (χ4v) is 4.23. The minimum absolute atomic E-state index is 0.0384. The first-order valence-electron chi connectivity index (χ1n) is 10.4. The van der Waals surface area contributed by atoms with Crippen molar-refractivity contribution < 1.29 is 14.3 Å². The Morgan fingerprint density at radius 3 is 2.15 bits per heavy atom. The molecule has 1 aromatic rings. The fraction of sp³-hybridized carbons (Fsp3) is 0.636. The van der Waals surface area contributed by atoms with Crippen LogP contribution in [0.2, 0.25) is 0 Å². The molecule has 0 radical (unpaired) electrons. The van der Waals surface area contributed by atoms with Gasteiger partial charge in [-0.3, -0.25) is 9.59 Å². The van der Waals surface area contributed by atoms with Crippen molar-refractivity contribution in [2.75, 3.05) is 20.2 Å². The van der Waals surface area contributed by atoms with Gasteiger partial charge in [0.1, 0.15) is 5.75 Å². The van der Waals surface area contributed by atoms with Gasteiger partial charge in [0.25, 0.3) is 0 Å². The molecule has 0 atom stereocenters. The Labute approximate surface area is 162 Å². The molecule has 27 heavy (non-hydrogen) atoms. The smallest absolute Gasteiger partial charge is 0.225 e. The van der Waals surface area contributed by atoms with Crippen LogP contribution in [0.4, 0.5) is 0 Å². The van der Waals surface area contributed by atoms with Crippen LogP contribution in [0, 0.1) is 11.8 Å². The second kappa shape index (κ2) is 9.77. The third kappa shape index (κ3) is 5.47. The van der Waals surface area contributed by atoms with Crippen LogP contribution in [0.1, 0.15) is 56.9 Å². The molecule has 3 rings (SSSR count). The first-order valence-corrected chi connectivity index (χ1v) is 10.4. The summed E-state index contributed by atoms with van der Waals surface area (Å²) in [6.07, 6.45) is 8.07. The Morgan fingerprint density at radius 2 is 1.56 bits per heavy atom. The standard InChI is InChI=1S/C22H32N2O3/c1-27-20-12-6-17(7-13-20)16-23-21(25)18-8-10-19(11-9-18)22(26)24-14-4-2-3-5-15-24/h6-7,12-13,18-19H,2-5,8-11,14-16H2,1H3,(H,23,25). The van der Waals surface area contributed by atoms with Crippen LogP contribution in [0.25, 0.3) is 0 Å². The molecule has 2 fully saturated rings. The maximum Gasteiger partial charge on any atom is 0.225 e. The van der Waals surface area contributed by atoms with E-state index >= 15 is 0 Å². The number of likely N-dealkylation sites (tertiary alicyclic amines) is 1. The highest BCUT2D eigenvalue weighted by atomic mass is 16.5. The maximum absolute atomic E-state index is 12.8. The molecule has 1 saturated carbocycles. The van der Waals surface area contributed by atoms with E-state index in [1.807, 2.05) is 24.3 Å². The highest BCUT2D eigenvalue weighted by Gasteiger charge is 2.32. The van der Waals surface area contributed by atoms with E-state index in [0.717, 1.165) is 62.9 Å². The Morgan fingerprint density at radius 1 is 0.963 bits per heavy atom. The number of amides is 2. The van der Waals surface area contributed by atoms with E-state index in [1.54, 1.807) is 7.11 Å². The minimum Gasteiger partial charge on any atom is -0.497 e. The van der Waals surface area contributed by atoms with Crippen molar-refractivity contribution in [3.05, 3.63) is 29.8 Å². The summed E-state index contributed by atoms with van der Waals surface area (Å²) in [5, 5.41) is 3.05. The Hall–Kier alpha value is -2.04. The number of benzene rings is 1. The molecule has 148 valence electrons. The normalized spacial score (nSPS) is 23.4. The SMILES string of the molecule is COc1ccc(CNC(=O)C2CCC(C(=O)N3CCCCCC3)CC2)cc1. The highest BCUT2D eigenvalue weighted by Crippen LogP contribution is 2.31. The number of nitrogens with zero attached hydrogens (tertiary/aromatic N) is 1. The van der Waals surface area contributed by atoms with Crippen molar-refractivity contribution in [2.24, 2.45) is 11.8 Å². The molecule has 1 aliphatic heterocycles. The largest absolute Gasteiger partial charge is 0.497 e. The van der Waals surface area contributed by atoms with Crippen molar-refractivity contribution >= 4 is 11.8 Å². The van der Waals surface area contributed by atoms with Crippen molar-refractivity contribution in [1.29, 1.82) is 0 Å². The molecule has 0 spiro atoms. The summed E-state index contributed by atoms with van der Waals surface area (Å²) in [5.41, 5.74) is 1.06. The first-order chi connectivity index (χ1) is 13.2. The Balaban J connectivity index is 1.42. The zero-order valence-electron chi connectivity index (χ0n) is 16.4. The van der Waals surface area contributed by atoms with Crippen LogP contribution in [-0.4, -0.2) is 36.9 Å². The number of hydrogen-bond acceptors (Lipinski definition) is 3. The quantitative estimate of drug-likeness (QED) is 0.860. The second-order valence-corrected chi connectivity index (χ2v) is 7.85. The lowest BCUT2D eigenvalue weighted by atomic mass is 9.81. The summed E-state index contributed by atoms with van der Waals surface area (Å²) < 4.78 is 5.15. The summed E-state index contributed by atoms with van der Waals surface area (Å²) in [5.74, 6) is 1.42. The first kappa shape index (κ1) is 19.7. The average Bonchev–Trinajstić information content (AvgIpc) is 3.01. The van der Waals surface area contributed by atoms with Gasteiger partial charge in [0, 0.05) is 31.5 Å². The number of carbonyl (C=O) groups excluding carboxylic acids is 2. The van der Waals surface area contributed by atoms with Gasteiger partial charge < -0.3 is 15.0 Å². The van der Waals surface area contributed by atoms with E-state index in [2.05, 4.69) is 10.2 Å². The van der Waals surface area contributed by atoms with E-state index in [4.69, 9.17) is 4.74 Å². The Kier molecular flexibility index (Phi) is 7.13. The third-order valence-corrected chi connectivity index (χ3v) is 5.99. The predicted octanol–water partition coefficient (Wildman–Crippen LogP) is 3.52. The van der Waals surface area contributed by atoms with Gasteiger partial charge in [-0.1, -0.05) is 25.0 Å². The van der Waals surface area contributed by atoms with Gasteiger partial charge in [-0.15, -0.1) is 0 Å². The van der Waals surface area contributed by atoms with Crippen molar-refractivity contribution in [2.45, 2.75) is 57.9 Å². The summed E-state index contributed by atoms with van der Waals surface area (Å²) in [6.45, 7) is 2.37. The topological polar surface area (TPSA) is 58.6 Å². The summed E-state index contributed by atoms with van der Waals surface area (Å²) >= 11 is 0. The molecule has 1 aromatic carbocycles. The number of methoxy groups -OCH3 is 1. The predicted molar refractivity (Wildman–Crippen MR) is 105 cm³/mol. The lowest BCUT2D eigenvalue weighted by molar-refractivity contribution is -0.138. The van der Waals surface area contributed by atoms with E-state index in [1.165, 1.54) is 12.8 Å². The van der Waals surface area contributed by atoms with Gasteiger partial charge in [-0.05, 0) is 56.2 Å². The van der Waals surface area contributed by atoms with E-state index in [0.29, 0.717) is 12.5 Å². The average molecular weight is 373 g/mol. The molecule has 2 aliphatic rings. The van der Waals surface area contributed by atoms with Crippen LogP contribution < -0.4 is 10.1 Å². The van der Waals surface area contributed by atoms with E-state index < -0.39 is 0 Å². The van der Waals surface area contributed by atoms with Crippen molar-refractivity contribution in [3.63, 3.8) is 0 Å². The van der Waals surface area contributed by atoms with Crippen LogP contribution in [0.5, 0.6) is 5.75 Å². The second-order valence-electron chi connectivity index (χ2n) is 7.85. The molecule has 5 nitrogen and oxygen atoms in total. The van der Waals surface area contributed by atoms with Crippen LogP contribution in [0.15, 0.2) is 24.3 Å². The zero-order chi connectivity index (χ0) is 19.1. The fourth-order valence-electron chi connectivity index (χ4n) is 4.23. The number of rotatable bonds is 5. The van der Waals surface area contributed by atoms with Gasteiger partial charge in [-0.25, -0.2) is 0 Å². The monoisotopic (exact) mass is 372 g/mol. The molecule has 2 amide bonds. The van der Waals surface area contributed by atoms with E-state index in [9.17, 15) is 9.59 Å².